The van der Waals surface area contributed by atoms with Crippen molar-refractivity contribution in [1.82, 2.24) is 15.0 Å². The fourth-order valence-electron chi connectivity index (χ4n) is 4.57. The van der Waals surface area contributed by atoms with Crippen molar-refractivity contribution < 1.29 is 11.6 Å². The Labute approximate surface area is 172 Å². The van der Waals surface area contributed by atoms with Crippen molar-refractivity contribution in [2.75, 3.05) is 11.9 Å². The highest BCUT2D eigenvalue weighted by molar-refractivity contribution is 5.88. The molecule has 0 spiro atoms. The number of fused-ring (bicyclic) bond motifs is 2. The van der Waals surface area contributed by atoms with Crippen LogP contribution in [0.25, 0.3) is 11.6 Å². The van der Waals surface area contributed by atoms with Gasteiger partial charge in [-0.1, -0.05) is 6.08 Å². The fraction of sp³-hybridized carbons (Fsp3) is 0.435. The van der Waals surface area contributed by atoms with Crippen LogP contribution in [0.1, 0.15) is 57.3 Å². The van der Waals surface area contributed by atoms with Crippen molar-refractivity contribution in [3.8, 4) is 0 Å². The molecule has 1 N–H and O–H groups in total. The molecule has 0 amide bonds. The predicted molar refractivity (Wildman–Crippen MR) is 114 cm³/mol. The Morgan fingerprint density at radius 3 is 2.90 bits per heavy atom. The first kappa shape index (κ1) is 18.4. The van der Waals surface area contributed by atoms with E-state index in [9.17, 15) is 8.78 Å². The van der Waals surface area contributed by atoms with Gasteiger partial charge in [-0.15, -0.1) is 0 Å². The van der Waals surface area contributed by atoms with E-state index in [1.165, 1.54) is 22.3 Å². The van der Waals surface area contributed by atoms with Crippen LogP contribution >= 0.6 is 0 Å². The SMILES string of the molecule is FC1(F)CCC(CNc2ncc3c(n2)CC=C3C2=Cc3cnccc3CC2)CC1.[HH].[HH]. The second kappa shape index (κ2) is 7.32. The topological polar surface area (TPSA) is 50.7 Å². The van der Waals surface area contributed by atoms with Gasteiger partial charge in [-0.25, -0.2) is 18.7 Å². The lowest BCUT2D eigenvalue weighted by atomic mass is 9.87. The summed E-state index contributed by atoms with van der Waals surface area (Å²) in [6.07, 6.45) is 14.1. The Morgan fingerprint density at radius 2 is 2.03 bits per heavy atom. The molecule has 5 rings (SSSR count). The highest BCUT2D eigenvalue weighted by atomic mass is 19.3. The Bertz CT molecular complexity index is 997. The highest BCUT2D eigenvalue weighted by Gasteiger charge is 2.34. The molecule has 0 bridgehead atoms. The van der Waals surface area contributed by atoms with Gasteiger partial charge in [0.25, 0.3) is 0 Å². The second-order valence-electron chi connectivity index (χ2n) is 8.30. The molecular weight excluding hydrogens is 370 g/mol. The molecule has 0 saturated heterocycles. The van der Waals surface area contributed by atoms with Crippen molar-refractivity contribution in [1.29, 1.82) is 0 Å². The molecule has 0 radical (unpaired) electrons. The first-order valence-electron chi connectivity index (χ1n) is 10.4. The first-order valence-corrected chi connectivity index (χ1v) is 10.4. The number of nitrogens with zero attached hydrogens (tertiary/aromatic N) is 3. The molecular formula is C23H28F2N4. The summed E-state index contributed by atoms with van der Waals surface area (Å²) in [5, 5.41) is 3.27. The van der Waals surface area contributed by atoms with Gasteiger partial charge in [0.1, 0.15) is 0 Å². The van der Waals surface area contributed by atoms with Gasteiger partial charge in [0.2, 0.25) is 11.9 Å². The Balaban J connectivity index is 0.00000136. The van der Waals surface area contributed by atoms with Crippen molar-refractivity contribution in [3.63, 3.8) is 0 Å². The summed E-state index contributed by atoms with van der Waals surface area (Å²) >= 11 is 0. The van der Waals surface area contributed by atoms with Crippen LogP contribution in [0.15, 0.2) is 36.3 Å². The molecule has 0 unspecified atom stereocenters. The standard InChI is InChI=1S/C23H24F2N4.2H2/c24-23(25)8-5-15(6-9-23)12-27-22-28-14-20-19(3-4-21(20)29-22)17-2-1-16-7-10-26-13-18(16)11-17;;/h3,7,10-11,13-15H,1-2,4-6,8-9,12H2,(H,27,28,29);2*1H. The molecule has 2 aromatic heterocycles. The molecule has 2 heterocycles. The number of halogens is 2. The number of alkyl halides is 2. The van der Waals surface area contributed by atoms with E-state index >= 15 is 0 Å². The van der Waals surface area contributed by atoms with Gasteiger partial charge in [0.05, 0.1) is 5.69 Å². The second-order valence-corrected chi connectivity index (χ2v) is 8.30. The van der Waals surface area contributed by atoms with E-state index in [0.717, 1.165) is 30.5 Å². The molecule has 3 aliphatic carbocycles. The lowest BCUT2D eigenvalue weighted by molar-refractivity contribution is -0.0443. The van der Waals surface area contributed by atoms with E-state index in [-0.39, 0.29) is 21.6 Å². The number of hydrogen-bond acceptors (Lipinski definition) is 4. The fourth-order valence-corrected chi connectivity index (χ4v) is 4.57. The Hall–Kier alpha value is -2.63. The maximum atomic E-state index is 13.3. The zero-order valence-corrected chi connectivity index (χ0v) is 16.3. The van der Waals surface area contributed by atoms with Gasteiger partial charge in [-0.05, 0) is 66.0 Å². The summed E-state index contributed by atoms with van der Waals surface area (Å²) in [5.41, 5.74) is 7.23. The molecule has 1 fully saturated rings. The third-order valence-electron chi connectivity index (χ3n) is 6.33. The zero-order valence-electron chi connectivity index (χ0n) is 16.3. The number of pyridine rings is 1. The molecule has 1 saturated carbocycles. The molecule has 2 aromatic rings. The number of aromatic nitrogens is 3. The van der Waals surface area contributed by atoms with E-state index in [0.29, 0.717) is 25.3 Å². The van der Waals surface area contributed by atoms with Crippen LogP contribution in [-0.4, -0.2) is 27.4 Å². The molecule has 4 nitrogen and oxygen atoms in total. The van der Waals surface area contributed by atoms with Crippen molar-refractivity contribution in [2.24, 2.45) is 5.92 Å². The van der Waals surface area contributed by atoms with Crippen LogP contribution in [0.5, 0.6) is 0 Å². The summed E-state index contributed by atoms with van der Waals surface area (Å²) in [5.74, 6) is -1.61. The molecule has 154 valence electrons. The highest BCUT2D eigenvalue weighted by Crippen LogP contribution is 2.38. The smallest absolute Gasteiger partial charge is 0.248 e. The van der Waals surface area contributed by atoms with E-state index in [4.69, 9.17) is 4.98 Å². The van der Waals surface area contributed by atoms with Gasteiger partial charge in [0.15, 0.2) is 0 Å². The first-order chi connectivity index (χ1) is 14.1. The minimum absolute atomic E-state index is 0. The quantitative estimate of drug-likeness (QED) is 0.731. The average Bonchev–Trinajstić information content (AvgIpc) is 3.16. The van der Waals surface area contributed by atoms with Crippen molar-refractivity contribution in [2.45, 2.75) is 50.9 Å². The summed E-state index contributed by atoms with van der Waals surface area (Å²) in [4.78, 5) is 13.4. The predicted octanol–water partition coefficient (Wildman–Crippen LogP) is 5.57. The molecule has 0 atom stereocenters. The van der Waals surface area contributed by atoms with Gasteiger partial charge in [0, 0.05) is 52.8 Å². The number of aryl methyl sites for hydroxylation is 1. The maximum absolute atomic E-state index is 13.3. The van der Waals surface area contributed by atoms with E-state index < -0.39 is 5.92 Å². The van der Waals surface area contributed by atoms with Gasteiger partial charge >= 0.3 is 0 Å². The Morgan fingerprint density at radius 1 is 1.17 bits per heavy atom. The zero-order chi connectivity index (χ0) is 19.8. The van der Waals surface area contributed by atoms with E-state index in [1.54, 1.807) is 0 Å². The summed E-state index contributed by atoms with van der Waals surface area (Å²) in [7, 11) is 0. The number of rotatable bonds is 4. The number of allylic oxidation sites excluding steroid dienone is 3. The van der Waals surface area contributed by atoms with Gasteiger partial charge in [-0.3, -0.25) is 4.98 Å². The molecule has 0 aromatic carbocycles. The number of nitrogens with one attached hydrogen (secondary N) is 1. The summed E-state index contributed by atoms with van der Waals surface area (Å²) in [6.45, 7) is 0.657. The van der Waals surface area contributed by atoms with Gasteiger partial charge in [-0.2, -0.15) is 0 Å². The minimum Gasteiger partial charge on any atom is -0.354 e. The molecule has 6 heteroatoms. The summed E-state index contributed by atoms with van der Waals surface area (Å²) in [6, 6.07) is 2.09. The van der Waals surface area contributed by atoms with Crippen molar-refractivity contribution in [3.05, 3.63) is 58.7 Å². The van der Waals surface area contributed by atoms with Crippen LogP contribution in [0, 0.1) is 5.92 Å². The molecule has 29 heavy (non-hydrogen) atoms. The van der Waals surface area contributed by atoms with E-state index in [1.807, 2.05) is 18.6 Å². The number of hydrogen-bond donors (Lipinski definition) is 1. The third kappa shape index (κ3) is 3.80. The minimum atomic E-state index is -2.48. The van der Waals surface area contributed by atoms with E-state index in [2.05, 4.69) is 33.5 Å². The maximum Gasteiger partial charge on any atom is 0.248 e. The normalized spacial score (nSPS) is 20.5. The van der Waals surface area contributed by atoms with Crippen LogP contribution < -0.4 is 5.32 Å². The lowest BCUT2D eigenvalue weighted by Crippen LogP contribution is -2.28. The van der Waals surface area contributed by atoms with Crippen molar-refractivity contribution >= 4 is 17.6 Å². The van der Waals surface area contributed by atoms with Gasteiger partial charge < -0.3 is 5.32 Å². The third-order valence-corrected chi connectivity index (χ3v) is 6.33. The van der Waals surface area contributed by atoms with Crippen LogP contribution in [0.4, 0.5) is 14.7 Å². The van der Waals surface area contributed by atoms with Crippen LogP contribution in [-0.2, 0) is 12.8 Å². The molecule has 0 aliphatic heterocycles. The summed E-state index contributed by atoms with van der Waals surface area (Å²) < 4.78 is 26.6. The Kier molecular flexibility index (Phi) is 4.64. The number of anilines is 1. The largest absolute Gasteiger partial charge is 0.354 e. The average molecular weight is 399 g/mol. The monoisotopic (exact) mass is 398 g/mol. The lowest BCUT2D eigenvalue weighted by Gasteiger charge is -2.28. The van der Waals surface area contributed by atoms with Crippen LogP contribution in [0.2, 0.25) is 0 Å². The molecule has 3 aliphatic rings. The van der Waals surface area contributed by atoms with Crippen LogP contribution in [0.3, 0.4) is 0 Å².